The van der Waals surface area contributed by atoms with Crippen LogP contribution in [0.3, 0.4) is 0 Å². The van der Waals surface area contributed by atoms with Crippen molar-refractivity contribution in [3.63, 3.8) is 0 Å². The van der Waals surface area contributed by atoms with Crippen LogP contribution in [0.4, 0.5) is 13.2 Å². The van der Waals surface area contributed by atoms with Gasteiger partial charge in [0.15, 0.2) is 0 Å². The Morgan fingerprint density at radius 1 is 1.35 bits per heavy atom. The lowest BCUT2D eigenvalue weighted by atomic mass is 9.94. The van der Waals surface area contributed by atoms with Crippen molar-refractivity contribution in [1.82, 2.24) is 20.4 Å². The average Bonchev–Trinajstić information content (AvgIpc) is 3.07. The van der Waals surface area contributed by atoms with Crippen LogP contribution < -0.4 is 10.6 Å². The molecule has 1 aromatic heterocycles. The van der Waals surface area contributed by atoms with Gasteiger partial charge in [-0.25, -0.2) is 4.68 Å². The van der Waals surface area contributed by atoms with Crippen LogP contribution in [-0.2, 0) is 6.18 Å². The fourth-order valence-electron chi connectivity index (χ4n) is 2.94. The van der Waals surface area contributed by atoms with Gasteiger partial charge < -0.3 is 10.6 Å². The number of rotatable bonds is 3. The topological polar surface area (TPSA) is 58.9 Å². The number of nitrogens with one attached hydrogen (secondary N) is 2. The number of halogens is 4. The summed E-state index contributed by atoms with van der Waals surface area (Å²) < 4.78 is 39.9. The largest absolute Gasteiger partial charge is 0.433 e. The van der Waals surface area contributed by atoms with Gasteiger partial charge in [0.05, 0.1) is 11.9 Å². The summed E-state index contributed by atoms with van der Waals surface area (Å²) in [6.45, 7) is 3.67. The van der Waals surface area contributed by atoms with Crippen molar-refractivity contribution in [2.75, 3.05) is 13.1 Å². The molecular formula is C17H20ClF3N4O. The van der Waals surface area contributed by atoms with E-state index in [-0.39, 0.29) is 30.0 Å². The monoisotopic (exact) mass is 388 g/mol. The number of carbonyl (C=O) groups is 1. The van der Waals surface area contributed by atoms with Gasteiger partial charge >= 0.3 is 6.18 Å². The highest BCUT2D eigenvalue weighted by molar-refractivity contribution is 5.95. The van der Waals surface area contributed by atoms with E-state index in [0.29, 0.717) is 18.0 Å². The molecule has 1 aliphatic rings. The molecular weight excluding hydrogens is 369 g/mol. The molecule has 142 valence electrons. The summed E-state index contributed by atoms with van der Waals surface area (Å²) in [7, 11) is 0. The Morgan fingerprint density at radius 3 is 2.81 bits per heavy atom. The van der Waals surface area contributed by atoms with E-state index >= 15 is 0 Å². The minimum Gasteiger partial charge on any atom is -0.348 e. The Kier molecular flexibility index (Phi) is 6.30. The van der Waals surface area contributed by atoms with Crippen LogP contribution in [0.2, 0.25) is 0 Å². The molecule has 26 heavy (non-hydrogen) atoms. The highest BCUT2D eigenvalue weighted by Crippen LogP contribution is 2.30. The first-order valence-corrected chi connectivity index (χ1v) is 8.09. The van der Waals surface area contributed by atoms with Crippen LogP contribution in [0.25, 0.3) is 5.69 Å². The molecule has 2 unspecified atom stereocenters. The molecule has 0 saturated carbocycles. The van der Waals surface area contributed by atoms with E-state index < -0.39 is 11.9 Å². The number of carbonyl (C=O) groups excluding carboxylic acids is 1. The van der Waals surface area contributed by atoms with E-state index in [2.05, 4.69) is 22.7 Å². The third-order valence-corrected chi connectivity index (χ3v) is 4.43. The van der Waals surface area contributed by atoms with Gasteiger partial charge in [0, 0.05) is 18.2 Å². The van der Waals surface area contributed by atoms with Gasteiger partial charge in [0.25, 0.3) is 5.91 Å². The van der Waals surface area contributed by atoms with Gasteiger partial charge in [-0.3, -0.25) is 4.79 Å². The van der Waals surface area contributed by atoms with Crippen molar-refractivity contribution in [3.8, 4) is 5.69 Å². The van der Waals surface area contributed by atoms with E-state index in [0.717, 1.165) is 29.9 Å². The number of amides is 1. The highest BCUT2D eigenvalue weighted by Gasteiger charge is 2.35. The van der Waals surface area contributed by atoms with E-state index in [1.165, 1.54) is 12.1 Å². The lowest BCUT2D eigenvalue weighted by Gasteiger charge is -2.30. The number of aromatic nitrogens is 2. The molecule has 5 nitrogen and oxygen atoms in total. The van der Waals surface area contributed by atoms with Crippen LogP contribution in [0.15, 0.2) is 36.5 Å². The van der Waals surface area contributed by atoms with Crippen molar-refractivity contribution < 1.29 is 18.0 Å². The van der Waals surface area contributed by atoms with E-state index in [1.54, 1.807) is 12.1 Å². The van der Waals surface area contributed by atoms with E-state index in [1.807, 2.05) is 0 Å². The van der Waals surface area contributed by atoms with Crippen LogP contribution >= 0.6 is 12.4 Å². The zero-order valence-corrected chi connectivity index (χ0v) is 14.9. The molecule has 2 N–H and O–H groups in total. The number of hydrogen-bond donors (Lipinski definition) is 2. The zero-order chi connectivity index (χ0) is 18.0. The number of benzene rings is 1. The fourth-order valence-corrected chi connectivity index (χ4v) is 2.94. The molecule has 0 bridgehead atoms. The van der Waals surface area contributed by atoms with Gasteiger partial charge in [-0.05, 0) is 43.1 Å². The van der Waals surface area contributed by atoms with E-state index in [4.69, 9.17) is 0 Å². The number of nitrogens with zero attached hydrogens (tertiary/aromatic N) is 2. The molecule has 0 spiro atoms. The molecule has 1 aromatic carbocycles. The fraction of sp³-hybridized carbons (Fsp3) is 0.412. The Hall–Kier alpha value is -2.06. The van der Waals surface area contributed by atoms with Gasteiger partial charge in [-0.15, -0.1) is 12.4 Å². The maximum Gasteiger partial charge on any atom is 0.433 e. The first-order valence-electron chi connectivity index (χ1n) is 8.09. The smallest absolute Gasteiger partial charge is 0.348 e. The molecule has 2 atom stereocenters. The SMILES string of the molecule is CC1CCNCC1NC(=O)c1cccc(-n2nccc2C(F)(F)F)c1.Cl. The summed E-state index contributed by atoms with van der Waals surface area (Å²) in [6.07, 6.45) is -2.46. The molecule has 3 rings (SSSR count). The van der Waals surface area contributed by atoms with Crippen LogP contribution in [0, 0.1) is 5.92 Å². The van der Waals surface area contributed by atoms with Crippen LogP contribution in [0.5, 0.6) is 0 Å². The molecule has 9 heteroatoms. The van der Waals surface area contributed by atoms with Crippen molar-refractivity contribution in [2.45, 2.75) is 25.6 Å². The molecule has 2 aromatic rings. The summed E-state index contributed by atoms with van der Waals surface area (Å²) in [5, 5.41) is 9.91. The number of hydrogen-bond acceptors (Lipinski definition) is 3. The Balaban J connectivity index is 0.00000243. The van der Waals surface area contributed by atoms with E-state index in [9.17, 15) is 18.0 Å². The maximum atomic E-state index is 13.0. The minimum atomic E-state index is -4.52. The lowest BCUT2D eigenvalue weighted by Crippen LogP contribution is -2.50. The molecule has 0 radical (unpaired) electrons. The molecule has 1 aliphatic heterocycles. The second kappa shape index (κ2) is 8.09. The molecule has 2 heterocycles. The van der Waals surface area contributed by atoms with Crippen LogP contribution in [-0.4, -0.2) is 34.8 Å². The minimum absolute atomic E-state index is 0. The average molecular weight is 389 g/mol. The Labute approximate surface area is 155 Å². The van der Waals surface area contributed by atoms with Gasteiger partial charge in [-0.1, -0.05) is 13.0 Å². The molecule has 0 aliphatic carbocycles. The first-order chi connectivity index (χ1) is 11.9. The second-order valence-electron chi connectivity index (χ2n) is 6.23. The second-order valence-corrected chi connectivity index (χ2v) is 6.23. The third-order valence-electron chi connectivity index (χ3n) is 4.43. The number of piperidine rings is 1. The summed E-state index contributed by atoms with van der Waals surface area (Å²) in [4.78, 5) is 12.5. The van der Waals surface area contributed by atoms with Gasteiger partial charge in [0.2, 0.25) is 0 Å². The summed E-state index contributed by atoms with van der Waals surface area (Å²) in [6, 6.07) is 6.94. The molecule has 1 fully saturated rings. The van der Waals surface area contributed by atoms with Crippen molar-refractivity contribution >= 4 is 18.3 Å². The zero-order valence-electron chi connectivity index (χ0n) is 14.1. The lowest BCUT2D eigenvalue weighted by molar-refractivity contribution is -0.142. The summed E-state index contributed by atoms with van der Waals surface area (Å²) in [5.74, 6) is 0.0412. The van der Waals surface area contributed by atoms with Gasteiger partial charge in [0.1, 0.15) is 5.69 Å². The number of alkyl halides is 3. The first kappa shape index (κ1) is 20.3. The third kappa shape index (κ3) is 4.37. The van der Waals surface area contributed by atoms with Crippen molar-refractivity contribution in [3.05, 3.63) is 47.8 Å². The maximum absolute atomic E-state index is 13.0. The van der Waals surface area contributed by atoms with Crippen molar-refractivity contribution in [1.29, 1.82) is 0 Å². The molecule has 1 saturated heterocycles. The van der Waals surface area contributed by atoms with Crippen LogP contribution in [0.1, 0.15) is 29.4 Å². The normalized spacial score (nSPS) is 20.3. The summed E-state index contributed by atoms with van der Waals surface area (Å²) >= 11 is 0. The predicted molar refractivity (Wildman–Crippen MR) is 93.7 cm³/mol. The van der Waals surface area contributed by atoms with Crippen molar-refractivity contribution in [2.24, 2.45) is 5.92 Å². The Bertz CT molecular complexity index is 762. The highest BCUT2D eigenvalue weighted by atomic mass is 35.5. The predicted octanol–water partition coefficient (Wildman–Crippen LogP) is 3.04. The summed E-state index contributed by atoms with van der Waals surface area (Å²) in [5.41, 5.74) is -0.381. The standard InChI is InChI=1S/C17H19F3N4O.ClH/c1-11-5-7-21-10-14(11)23-16(25)12-3-2-4-13(9-12)24-15(6-8-22-24)17(18,19)20;/h2-4,6,8-9,11,14,21H,5,7,10H2,1H3,(H,23,25);1H. The quantitative estimate of drug-likeness (QED) is 0.849. The van der Waals surface area contributed by atoms with Gasteiger partial charge in [-0.2, -0.15) is 18.3 Å². The molecule has 1 amide bonds. The Morgan fingerprint density at radius 2 is 2.12 bits per heavy atom.